The molecule has 0 unspecified atom stereocenters. The summed E-state index contributed by atoms with van der Waals surface area (Å²) in [6.07, 6.45) is -0.169. The van der Waals surface area contributed by atoms with E-state index in [0.29, 0.717) is 13.1 Å². The number of ether oxygens (including phenoxy) is 1. The SMILES string of the molecule is C[C@@H]1CN(C(=O)Nc2ccc(C(=O)O)cc2F)C[C@H](C)O1. The number of carboxylic acid groups (broad SMARTS) is 1. The van der Waals surface area contributed by atoms with Gasteiger partial charge in [0.05, 0.1) is 23.5 Å². The number of morpholine rings is 1. The van der Waals surface area contributed by atoms with Crippen LogP contribution < -0.4 is 5.32 Å². The van der Waals surface area contributed by atoms with Crippen molar-refractivity contribution in [3.05, 3.63) is 29.6 Å². The normalized spacial score (nSPS) is 22.0. The zero-order chi connectivity index (χ0) is 15.6. The third-order valence-corrected chi connectivity index (χ3v) is 3.16. The van der Waals surface area contributed by atoms with E-state index < -0.39 is 17.8 Å². The third-order valence-electron chi connectivity index (χ3n) is 3.16. The van der Waals surface area contributed by atoms with E-state index in [2.05, 4.69) is 5.32 Å². The number of rotatable bonds is 2. The molecule has 1 fully saturated rings. The highest BCUT2D eigenvalue weighted by Crippen LogP contribution is 2.18. The van der Waals surface area contributed by atoms with Crippen molar-refractivity contribution in [1.29, 1.82) is 0 Å². The number of nitrogens with zero attached hydrogens (tertiary/aromatic N) is 1. The minimum Gasteiger partial charge on any atom is -0.478 e. The van der Waals surface area contributed by atoms with Gasteiger partial charge >= 0.3 is 12.0 Å². The number of hydrogen-bond acceptors (Lipinski definition) is 3. The topological polar surface area (TPSA) is 78.9 Å². The molecule has 1 aromatic carbocycles. The van der Waals surface area contributed by atoms with Gasteiger partial charge in [-0.1, -0.05) is 0 Å². The van der Waals surface area contributed by atoms with Crippen molar-refractivity contribution in [1.82, 2.24) is 4.90 Å². The Balaban J connectivity index is 2.07. The summed E-state index contributed by atoms with van der Waals surface area (Å²) in [5.41, 5.74) is -0.212. The van der Waals surface area contributed by atoms with Gasteiger partial charge in [-0.2, -0.15) is 0 Å². The Hall–Kier alpha value is -2.15. The van der Waals surface area contributed by atoms with E-state index in [9.17, 15) is 14.0 Å². The molecule has 21 heavy (non-hydrogen) atoms. The fourth-order valence-electron chi connectivity index (χ4n) is 2.29. The second-order valence-corrected chi connectivity index (χ2v) is 5.09. The molecule has 0 spiro atoms. The van der Waals surface area contributed by atoms with Crippen molar-refractivity contribution in [3.63, 3.8) is 0 Å². The fraction of sp³-hybridized carbons (Fsp3) is 0.429. The maximum Gasteiger partial charge on any atom is 0.335 e. The van der Waals surface area contributed by atoms with Crippen molar-refractivity contribution < 1.29 is 23.8 Å². The van der Waals surface area contributed by atoms with Crippen molar-refractivity contribution in [2.24, 2.45) is 0 Å². The number of aromatic carboxylic acids is 1. The molecule has 114 valence electrons. The summed E-state index contributed by atoms with van der Waals surface area (Å²) in [5.74, 6) is -2.00. The van der Waals surface area contributed by atoms with E-state index in [-0.39, 0.29) is 23.5 Å². The molecule has 0 saturated carbocycles. The molecule has 0 aliphatic carbocycles. The maximum atomic E-state index is 13.8. The van der Waals surface area contributed by atoms with Crippen LogP contribution in [0.15, 0.2) is 18.2 Å². The highest BCUT2D eigenvalue weighted by molar-refractivity contribution is 5.91. The molecule has 1 saturated heterocycles. The summed E-state index contributed by atoms with van der Waals surface area (Å²) in [5, 5.41) is 11.2. The van der Waals surface area contributed by atoms with Gasteiger partial charge in [-0.05, 0) is 32.0 Å². The summed E-state index contributed by atoms with van der Waals surface area (Å²) < 4.78 is 19.3. The summed E-state index contributed by atoms with van der Waals surface area (Å²) in [4.78, 5) is 24.4. The van der Waals surface area contributed by atoms with Crippen LogP contribution in [-0.2, 0) is 4.74 Å². The van der Waals surface area contributed by atoms with Crippen LogP contribution in [0.5, 0.6) is 0 Å². The molecule has 2 rings (SSSR count). The van der Waals surface area contributed by atoms with Gasteiger partial charge in [-0.3, -0.25) is 0 Å². The Morgan fingerprint density at radius 1 is 1.33 bits per heavy atom. The van der Waals surface area contributed by atoms with Gasteiger partial charge in [0.25, 0.3) is 0 Å². The van der Waals surface area contributed by atoms with Crippen LogP contribution in [0, 0.1) is 5.82 Å². The largest absolute Gasteiger partial charge is 0.478 e. The molecular formula is C14H17FN2O4. The van der Waals surface area contributed by atoms with Crippen molar-refractivity contribution >= 4 is 17.7 Å². The highest BCUT2D eigenvalue weighted by Gasteiger charge is 2.26. The lowest BCUT2D eigenvalue weighted by atomic mass is 10.2. The number of nitrogens with one attached hydrogen (secondary N) is 1. The van der Waals surface area contributed by atoms with Crippen LogP contribution in [0.3, 0.4) is 0 Å². The Bertz CT molecular complexity index is 554. The molecule has 0 radical (unpaired) electrons. The van der Waals surface area contributed by atoms with Crippen molar-refractivity contribution in [3.8, 4) is 0 Å². The summed E-state index contributed by atoms with van der Waals surface area (Å²) >= 11 is 0. The van der Waals surface area contributed by atoms with Crippen molar-refractivity contribution in [2.45, 2.75) is 26.1 Å². The number of anilines is 1. The zero-order valence-corrected chi connectivity index (χ0v) is 11.8. The third kappa shape index (κ3) is 3.69. The molecule has 1 heterocycles. The number of hydrogen-bond donors (Lipinski definition) is 2. The number of halogens is 1. The Labute approximate surface area is 121 Å². The molecule has 2 atom stereocenters. The predicted molar refractivity (Wildman–Crippen MR) is 74.0 cm³/mol. The van der Waals surface area contributed by atoms with E-state index in [4.69, 9.17) is 9.84 Å². The second kappa shape index (κ2) is 6.09. The minimum absolute atomic E-state index is 0.0446. The van der Waals surface area contributed by atoms with E-state index in [1.165, 1.54) is 12.1 Å². The van der Waals surface area contributed by atoms with Crippen LogP contribution in [0.25, 0.3) is 0 Å². The second-order valence-electron chi connectivity index (χ2n) is 5.09. The standard InChI is InChI=1S/C14H17FN2O4/c1-8-6-17(7-9(2)21-8)14(20)16-12-4-3-10(13(18)19)5-11(12)15/h3-5,8-9H,6-7H2,1-2H3,(H,16,20)(H,18,19)/t8-,9+. The first kappa shape index (κ1) is 15.2. The van der Waals surface area contributed by atoms with Gasteiger partial charge in [-0.15, -0.1) is 0 Å². The fourth-order valence-corrected chi connectivity index (χ4v) is 2.29. The van der Waals surface area contributed by atoms with E-state index in [1.54, 1.807) is 4.90 Å². The quantitative estimate of drug-likeness (QED) is 0.876. The molecule has 7 heteroatoms. The molecule has 0 bridgehead atoms. The van der Waals surface area contributed by atoms with Crippen LogP contribution in [0.1, 0.15) is 24.2 Å². The van der Waals surface area contributed by atoms with E-state index in [0.717, 1.165) is 6.07 Å². The lowest BCUT2D eigenvalue weighted by molar-refractivity contribution is -0.0530. The van der Waals surface area contributed by atoms with Gasteiger partial charge < -0.3 is 20.1 Å². The molecule has 6 nitrogen and oxygen atoms in total. The number of amides is 2. The summed E-state index contributed by atoms with van der Waals surface area (Å²) in [6, 6.07) is 2.93. The van der Waals surface area contributed by atoms with Crippen LogP contribution in [0.4, 0.5) is 14.9 Å². The van der Waals surface area contributed by atoms with Gasteiger partial charge in [0, 0.05) is 13.1 Å². The molecule has 2 amide bonds. The first-order valence-corrected chi connectivity index (χ1v) is 6.61. The highest BCUT2D eigenvalue weighted by atomic mass is 19.1. The smallest absolute Gasteiger partial charge is 0.335 e. The number of carbonyl (C=O) groups is 2. The van der Waals surface area contributed by atoms with Gasteiger partial charge in [-0.25, -0.2) is 14.0 Å². The van der Waals surface area contributed by atoms with Crippen LogP contribution >= 0.6 is 0 Å². The number of carboxylic acids is 1. The summed E-state index contributed by atoms with van der Waals surface area (Å²) in [7, 11) is 0. The predicted octanol–water partition coefficient (Wildman–Crippen LogP) is 2.17. The zero-order valence-electron chi connectivity index (χ0n) is 11.8. The molecule has 1 aliphatic rings. The first-order chi connectivity index (χ1) is 9.86. The van der Waals surface area contributed by atoms with E-state index in [1.807, 2.05) is 13.8 Å². The average molecular weight is 296 g/mol. The lowest BCUT2D eigenvalue weighted by Gasteiger charge is -2.35. The number of benzene rings is 1. The monoisotopic (exact) mass is 296 g/mol. The summed E-state index contributed by atoms with van der Waals surface area (Å²) in [6.45, 7) is 4.56. The Morgan fingerprint density at radius 3 is 2.48 bits per heavy atom. The number of urea groups is 1. The Morgan fingerprint density at radius 2 is 1.95 bits per heavy atom. The molecule has 2 N–H and O–H groups in total. The van der Waals surface area contributed by atoms with Gasteiger partial charge in [0.1, 0.15) is 5.82 Å². The number of carbonyl (C=O) groups excluding carboxylic acids is 1. The maximum absolute atomic E-state index is 13.8. The molecule has 0 aromatic heterocycles. The minimum atomic E-state index is -1.22. The van der Waals surface area contributed by atoms with Crippen molar-refractivity contribution in [2.75, 3.05) is 18.4 Å². The van der Waals surface area contributed by atoms with Crippen LogP contribution in [-0.4, -0.2) is 47.3 Å². The van der Waals surface area contributed by atoms with Crippen LogP contribution in [0.2, 0.25) is 0 Å². The molecule has 1 aliphatic heterocycles. The van der Waals surface area contributed by atoms with Gasteiger partial charge in [0.15, 0.2) is 0 Å². The molecule has 1 aromatic rings. The van der Waals surface area contributed by atoms with Gasteiger partial charge in [0.2, 0.25) is 0 Å². The lowest BCUT2D eigenvalue weighted by Crippen LogP contribution is -2.49. The Kier molecular flexibility index (Phi) is 4.42. The van der Waals surface area contributed by atoms with E-state index >= 15 is 0 Å². The molecular weight excluding hydrogens is 279 g/mol. The first-order valence-electron chi connectivity index (χ1n) is 6.61. The average Bonchev–Trinajstić information content (AvgIpc) is 2.39.